The second-order valence-corrected chi connectivity index (χ2v) is 5.48. The first-order chi connectivity index (χ1) is 11.6. The van der Waals surface area contributed by atoms with E-state index in [4.69, 9.17) is 17.3 Å². The van der Waals surface area contributed by atoms with E-state index in [0.717, 1.165) is 22.0 Å². The van der Waals surface area contributed by atoms with Gasteiger partial charge >= 0.3 is 0 Å². The molecular weight excluding hydrogens is 324 g/mol. The number of anilines is 1. The molecule has 0 aliphatic heterocycles. The minimum absolute atomic E-state index is 0.165. The largest absolute Gasteiger partial charge is 0.382 e. The minimum atomic E-state index is -0.165. The number of carbonyl (C=O) groups is 1. The number of amides is 1. The smallest absolute Gasteiger partial charge is 0.251 e. The summed E-state index contributed by atoms with van der Waals surface area (Å²) in [5, 5.41) is 11.0. The van der Waals surface area contributed by atoms with Gasteiger partial charge in [-0.3, -0.25) is 9.89 Å². The highest BCUT2D eigenvalue weighted by Crippen LogP contribution is 2.20. The number of aromatic nitrogens is 2. The summed E-state index contributed by atoms with van der Waals surface area (Å²) < 4.78 is 0. The molecule has 0 radical (unpaired) electrons. The van der Waals surface area contributed by atoms with Gasteiger partial charge in [-0.15, -0.1) is 0 Å². The molecule has 4 N–H and O–H groups in total. The second kappa shape index (κ2) is 7.84. The van der Waals surface area contributed by atoms with Crippen LogP contribution in [0.3, 0.4) is 0 Å². The minimum Gasteiger partial charge on any atom is -0.382 e. The molecule has 0 spiro atoms. The van der Waals surface area contributed by atoms with Crippen LogP contribution in [0.4, 0.5) is 5.82 Å². The maximum atomic E-state index is 12.3. The fourth-order valence-electron chi connectivity index (χ4n) is 2.30. The zero-order valence-corrected chi connectivity index (χ0v) is 14.7. The van der Waals surface area contributed by atoms with E-state index in [9.17, 15) is 4.79 Å². The van der Waals surface area contributed by atoms with E-state index in [0.29, 0.717) is 22.9 Å². The number of carbonyl (C=O) groups excluding carboxylic acids is 1. The average Bonchev–Trinajstić information content (AvgIpc) is 2.98. The summed E-state index contributed by atoms with van der Waals surface area (Å²) in [6, 6.07) is 10.9. The zero-order chi connectivity index (χ0) is 17.7. The molecule has 126 valence electrons. The van der Waals surface area contributed by atoms with Crippen molar-refractivity contribution in [1.82, 2.24) is 15.5 Å². The van der Waals surface area contributed by atoms with Gasteiger partial charge in [-0.25, -0.2) is 0 Å². The number of nitrogens with one attached hydrogen (secondary N) is 2. The number of aromatic amines is 1. The van der Waals surface area contributed by atoms with Gasteiger partial charge in [0.1, 0.15) is 0 Å². The number of rotatable bonds is 3. The Morgan fingerprint density at radius 1 is 1.29 bits per heavy atom. The van der Waals surface area contributed by atoms with E-state index < -0.39 is 0 Å². The van der Waals surface area contributed by atoms with E-state index in [1.54, 1.807) is 18.2 Å². The van der Waals surface area contributed by atoms with Crippen molar-refractivity contribution >= 4 is 34.2 Å². The maximum absolute atomic E-state index is 12.3. The molecule has 0 bridgehead atoms. The van der Waals surface area contributed by atoms with Gasteiger partial charge < -0.3 is 11.1 Å². The van der Waals surface area contributed by atoms with Crippen molar-refractivity contribution in [2.45, 2.75) is 27.3 Å². The van der Waals surface area contributed by atoms with Crippen molar-refractivity contribution in [3.05, 3.63) is 58.1 Å². The molecule has 0 fully saturated rings. The Bertz CT molecular complexity index is 857. The molecule has 3 rings (SSSR count). The molecule has 0 saturated heterocycles. The highest BCUT2D eigenvalue weighted by molar-refractivity contribution is 6.31. The van der Waals surface area contributed by atoms with Crippen molar-refractivity contribution < 1.29 is 4.79 Å². The Balaban J connectivity index is 0.00000100. The highest BCUT2D eigenvalue weighted by atomic mass is 35.5. The lowest BCUT2D eigenvalue weighted by molar-refractivity contribution is 0.0951. The first-order valence-electron chi connectivity index (χ1n) is 7.82. The molecule has 0 aliphatic rings. The summed E-state index contributed by atoms with van der Waals surface area (Å²) in [5.74, 6) is 0.220. The third-order valence-electron chi connectivity index (χ3n) is 3.67. The lowest BCUT2D eigenvalue weighted by Gasteiger charge is -2.09. The van der Waals surface area contributed by atoms with Crippen LogP contribution in [0.5, 0.6) is 0 Å². The number of hydrogen-bond donors (Lipinski definition) is 3. The molecule has 1 amide bonds. The topological polar surface area (TPSA) is 83.8 Å². The first-order valence-corrected chi connectivity index (χ1v) is 8.20. The van der Waals surface area contributed by atoms with Gasteiger partial charge in [-0.1, -0.05) is 37.6 Å². The predicted octanol–water partition coefficient (Wildman–Crippen LogP) is 4.06. The Morgan fingerprint density at radius 3 is 2.79 bits per heavy atom. The molecule has 3 aromatic rings. The Labute approximate surface area is 146 Å². The van der Waals surface area contributed by atoms with Crippen LogP contribution in [0.2, 0.25) is 5.02 Å². The molecule has 1 heterocycles. The van der Waals surface area contributed by atoms with Crippen molar-refractivity contribution in [3.63, 3.8) is 0 Å². The number of nitrogens with zero attached hydrogens (tertiary/aromatic N) is 1. The molecule has 0 aliphatic carbocycles. The van der Waals surface area contributed by atoms with Gasteiger partial charge in [-0.05, 0) is 42.3 Å². The lowest BCUT2D eigenvalue weighted by Crippen LogP contribution is -2.23. The Morgan fingerprint density at radius 2 is 2.04 bits per heavy atom. The highest BCUT2D eigenvalue weighted by Gasteiger charge is 2.10. The van der Waals surface area contributed by atoms with Crippen LogP contribution < -0.4 is 11.1 Å². The molecule has 24 heavy (non-hydrogen) atoms. The van der Waals surface area contributed by atoms with E-state index in [1.807, 2.05) is 39.0 Å². The van der Waals surface area contributed by atoms with Gasteiger partial charge in [0.05, 0.1) is 5.52 Å². The normalized spacial score (nSPS) is 10.2. The predicted molar refractivity (Wildman–Crippen MR) is 99.2 cm³/mol. The summed E-state index contributed by atoms with van der Waals surface area (Å²) in [7, 11) is 0. The fraction of sp³-hybridized carbons (Fsp3) is 0.222. The Kier molecular flexibility index (Phi) is 5.82. The number of hydrogen-bond acceptors (Lipinski definition) is 3. The quantitative estimate of drug-likeness (QED) is 0.669. The van der Waals surface area contributed by atoms with Crippen molar-refractivity contribution in [2.24, 2.45) is 0 Å². The summed E-state index contributed by atoms with van der Waals surface area (Å²) in [6.45, 7) is 6.35. The van der Waals surface area contributed by atoms with Gasteiger partial charge in [0, 0.05) is 22.5 Å². The molecule has 1 aromatic heterocycles. The third-order valence-corrected chi connectivity index (χ3v) is 4.08. The average molecular weight is 345 g/mol. The second-order valence-electron chi connectivity index (χ2n) is 5.08. The first kappa shape index (κ1) is 17.8. The zero-order valence-electron chi connectivity index (χ0n) is 14.0. The van der Waals surface area contributed by atoms with E-state index in [1.165, 1.54) is 0 Å². The summed E-state index contributed by atoms with van der Waals surface area (Å²) in [4.78, 5) is 12.3. The maximum Gasteiger partial charge on any atom is 0.251 e. The standard InChI is InChI=1S/C16H15ClN4O.C2H6/c1-9-11(3-2-4-13(9)17)8-19-16(22)10-5-6-14-12(7-10)15(18)21-20-14;1-2/h2-7H,8H2,1H3,(H,19,22)(H3,18,20,21);1-2H3. The van der Waals surface area contributed by atoms with Gasteiger partial charge in [0.25, 0.3) is 5.91 Å². The van der Waals surface area contributed by atoms with E-state index in [2.05, 4.69) is 15.5 Å². The molecule has 2 aromatic carbocycles. The van der Waals surface area contributed by atoms with Crippen LogP contribution in [0.1, 0.15) is 35.3 Å². The number of H-pyrrole nitrogens is 1. The summed E-state index contributed by atoms with van der Waals surface area (Å²) >= 11 is 6.08. The van der Waals surface area contributed by atoms with Crippen LogP contribution in [0.25, 0.3) is 10.9 Å². The molecule has 0 unspecified atom stereocenters. The molecular formula is C18H21ClN4O. The van der Waals surface area contributed by atoms with Crippen LogP contribution >= 0.6 is 11.6 Å². The number of nitrogens with two attached hydrogens (primary N) is 1. The van der Waals surface area contributed by atoms with Gasteiger partial charge in [0.15, 0.2) is 5.82 Å². The number of halogens is 1. The number of benzene rings is 2. The molecule has 0 atom stereocenters. The van der Waals surface area contributed by atoms with Crippen LogP contribution in [0.15, 0.2) is 36.4 Å². The van der Waals surface area contributed by atoms with Crippen LogP contribution in [0, 0.1) is 6.92 Å². The SMILES string of the molecule is CC.Cc1c(Cl)cccc1CNC(=O)c1ccc2[nH]nc(N)c2c1. The molecule has 5 nitrogen and oxygen atoms in total. The third kappa shape index (κ3) is 3.68. The summed E-state index contributed by atoms with van der Waals surface area (Å²) in [6.07, 6.45) is 0. The monoisotopic (exact) mass is 344 g/mol. The number of nitrogen functional groups attached to an aromatic ring is 1. The lowest BCUT2D eigenvalue weighted by atomic mass is 10.1. The van der Waals surface area contributed by atoms with Gasteiger partial charge in [0.2, 0.25) is 0 Å². The van der Waals surface area contributed by atoms with Crippen LogP contribution in [-0.2, 0) is 6.54 Å². The Hall–Kier alpha value is -2.53. The van der Waals surface area contributed by atoms with E-state index in [-0.39, 0.29) is 5.91 Å². The fourth-order valence-corrected chi connectivity index (χ4v) is 2.49. The number of fused-ring (bicyclic) bond motifs is 1. The van der Waals surface area contributed by atoms with Crippen molar-refractivity contribution in [1.29, 1.82) is 0 Å². The summed E-state index contributed by atoms with van der Waals surface area (Å²) in [5.41, 5.74) is 9.07. The van der Waals surface area contributed by atoms with Crippen molar-refractivity contribution in [3.8, 4) is 0 Å². The van der Waals surface area contributed by atoms with Crippen LogP contribution in [-0.4, -0.2) is 16.1 Å². The molecule has 6 heteroatoms. The molecule has 0 saturated carbocycles. The van der Waals surface area contributed by atoms with E-state index >= 15 is 0 Å². The van der Waals surface area contributed by atoms with Gasteiger partial charge in [-0.2, -0.15) is 5.10 Å². The van der Waals surface area contributed by atoms with Crippen molar-refractivity contribution in [2.75, 3.05) is 5.73 Å².